The molecular weight excluding hydrogens is 444 g/mol. The summed E-state index contributed by atoms with van der Waals surface area (Å²) in [6.45, 7) is 4.45. The van der Waals surface area contributed by atoms with Gasteiger partial charge in [-0.2, -0.15) is 0 Å². The van der Waals surface area contributed by atoms with Crippen LogP contribution in [0.15, 0.2) is 59.6 Å². The number of thiazole rings is 1. The van der Waals surface area contributed by atoms with E-state index in [1.165, 1.54) is 28.5 Å². The van der Waals surface area contributed by atoms with Crippen LogP contribution in [-0.2, 0) is 9.59 Å². The number of carbonyl (C=O) groups is 2. The van der Waals surface area contributed by atoms with Crippen LogP contribution < -0.4 is 14.4 Å². The van der Waals surface area contributed by atoms with E-state index in [-0.39, 0.29) is 22.8 Å². The molecule has 0 bridgehead atoms. The summed E-state index contributed by atoms with van der Waals surface area (Å²) in [5, 5.41) is 23.3. The fourth-order valence-electron chi connectivity index (χ4n) is 3.68. The highest BCUT2D eigenvalue weighted by atomic mass is 32.1. The zero-order chi connectivity index (χ0) is 23.5. The number of ether oxygens (including phenoxy) is 2. The molecule has 1 aliphatic heterocycles. The molecule has 2 N–H and O–H groups in total. The van der Waals surface area contributed by atoms with E-state index in [4.69, 9.17) is 9.47 Å². The van der Waals surface area contributed by atoms with Crippen molar-refractivity contribution >= 4 is 33.9 Å². The minimum absolute atomic E-state index is 0.0710. The number of nitrogens with zero attached hydrogens (tertiary/aromatic N) is 2. The quantitative estimate of drug-likeness (QED) is 0.304. The first kappa shape index (κ1) is 22.3. The number of aliphatic hydroxyl groups is 1. The van der Waals surface area contributed by atoms with Gasteiger partial charge in [-0.1, -0.05) is 6.07 Å². The van der Waals surface area contributed by atoms with Crippen molar-refractivity contribution in [3.05, 3.63) is 70.7 Å². The monoisotopic (exact) mass is 466 g/mol. The lowest BCUT2D eigenvalue weighted by molar-refractivity contribution is -0.132. The zero-order valence-electron chi connectivity index (χ0n) is 18.0. The van der Waals surface area contributed by atoms with Gasteiger partial charge >= 0.3 is 5.91 Å². The number of aromatic hydroxyl groups is 1. The van der Waals surface area contributed by atoms with Gasteiger partial charge in [-0.25, -0.2) is 4.98 Å². The van der Waals surface area contributed by atoms with Crippen LogP contribution in [-0.4, -0.2) is 40.1 Å². The lowest BCUT2D eigenvalue weighted by Crippen LogP contribution is -2.29. The van der Waals surface area contributed by atoms with E-state index >= 15 is 0 Å². The summed E-state index contributed by atoms with van der Waals surface area (Å²) in [6, 6.07) is 10.2. The van der Waals surface area contributed by atoms with E-state index < -0.39 is 17.7 Å². The highest BCUT2D eigenvalue weighted by molar-refractivity contribution is 7.14. The van der Waals surface area contributed by atoms with Crippen LogP contribution in [0.25, 0.3) is 5.76 Å². The molecule has 170 valence electrons. The molecule has 0 saturated carbocycles. The first-order valence-corrected chi connectivity index (χ1v) is 11.2. The van der Waals surface area contributed by atoms with Gasteiger partial charge in [0.2, 0.25) is 0 Å². The second kappa shape index (κ2) is 9.33. The van der Waals surface area contributed by atoms with Crippen molar-refractivity contribution in [2.75, 3.05) is 18.1 Å². The number of anilines is 1. The van der Waals surface area contributed by atoms with Gasteiger partial charge in [0.15, 0.2) is 16.6 Å². The number of phenols is 1. The molecule has 0 aliphatic carbocycles. The van der Waals surface area contributed by atoms with Gasteiger partial charge in [0, 0.05) is 17.1 Å². The van der Waals surface area contributed by atoms with Crippen molar-refractivity contribution in [1.82, 2.24) is 4.98 Å². The normalized spacial score (nSPS) is 17.4. The number of carbonyl (C=O) groups excluding carboxylic acids is 2. The number of rotatable bonds is 7. The van der Waals surface area contributed by atoms with Gasteiger partial charge in [-0.05, 0) is 55.8 Å². The number of ketones is 1. The minimum atomic E-state index is -0.956. The molecule has 4 rings (SSSR count). The molecule has 1 unspecified atom stereocenters. The maximum Gasteiger partial charge on any atom is 0.301 e. The van der Waals surface area contributed by atoms with Crippen molar-refractivity contribution in [3.8, 4) is 17.2 Å². The first-order chi connectivity index (χ1) is 16.0. The Morgan fingerprint density at radius 2 is 1.82 bits per heavy atom. The highest BCUT2D eigenvalue weighted by Crippen LogP contribution is 2.44. The van der Waals surface area contributed by atoms with Gasteiger partial charge in [-0.15, -0.1) is 11.3 Å². The number of aliphatic hydroxyl groups excluding tert-OH is 1. The van der Waals surface area contributed by atoms with Crippen LogP contribution in [0.1, 0.15) is 31.0 Å². The molecule has 0 radical (unpaired) electrons. The fraction of sp³-hybridized carbons (Fsp3) is 0.208. The Balaban J connectivity index is 1.89. The van der Waals surface area contributed by atoms with E-state index in [1.807, 2.05) is 6.92 Å². The zero-order valence-corrected chi connectivity index (χ0v) is 18.8. The van der Waals surface area contributed by atoms with Crippen molar-refractivity contribution in [2.24, 2.45) is 0 Å². The molecule has 1 saturated heterocycles. The van der Waals surface area contributed by atoms with Crippen LogP contribution >= 0.6 is 11.3 Å². The number of hydrogen-bond donors (Lipinski definition) is 2. The average Bonchev–Trinajstić information content (AvgIpc) is 3.43. The second-order valence-electron chi connectivity index (χ2n) is 7.10. The lowest BCUT2D eigenvalue weighted by atomic mass is 9.95. The molecule has 3 aromatic rings. The Labute approximate surface area is 194 Å². The van der Waals surface area contributed by atoms with Crippen LogP contribution in [0, 0.1) is 0 Å². The first-order valence-electron chi connectivity index (χ1n) is 10.4. The van der Waals surface area contributed by atoms with Crippen LogP contribution in [0.3, 0.4) is 0 Å². The largest absolute Gasteiger partial charge is 0.507 e. The molecule has 33 heavy (non-hydrogen) atoms. The van der Waals surface area contributed by atoms with Crippen LogP contribution in [0.4, 0.5) is 5.13 Å². The van der Waals surface area contributed by atoms with Gasteiger partial charge in [0.1, 0.15) is 11.5 Å². The topological polar surface area (TPSA) is 109 Å². The van der Waals surface area contributed by atoms with Crippen molar-refractivity contribution in [2.45, 2.75) is 19.9 Å². The molecule has 0 spiro atoms. The van der Waals surface area contributed by atoms with Gasteiger partial charge in [-0.3, -0.25) is 14.5 Å². The van der Waals surface area contributed by atoms with E-state index in [0.717, 1.165) is 0 Å². The number of amides is 1. The number of Topliss-reactive ketones (excluding diaryl/α,β-unsaturated/α-hetero) is 1. The molecule has 1 aliphatic rings. The van der Waals surface area contributed by atoms with Crippen molar-refractivity contribution in [1.29, 1.82) is 0 Å². The molecule has 2 heterocycles. The summed E-state index contributed by atoms with van der Waals surface area (Å²) in [5.74, 6) is -1.18. The molecule has 2 aromatic carbocycles. The minimum Gasteiger partial charge on any atom is -0.507 e. The second-order valence-corrected chi connectivity index (χ2v) is 7.97. The summed E-state index contributed by atoms with van der Waals surface area (Å²) in [6.07, 6.45) is 1.53. The van der Waals surface area contributed by atoms with Gasteiger partial charge in [0.25, 0.3) is 5.78 Å². The summed E-state index contributed by atoms with van der Waals surface area (Å²) >= 11 is 1.20. The predicted molar refractivity (Wildman–Crippen MR) is 124 cm³/mol. The van der Waals surface area contributed by atoms with Gasteiger partial charge < -0.3 is 19.7 Å². The fourth-order valence-corrected chi connectivity index (χ4v) is 4.35. The maximum atomic E-state index is 13.1. The molecule has 1 aromatic heterocycles. The van der Waals surface area contributed by atoms with Crippen molar-refractivity contribution < 1.29 is 29.3 Å². The third-order valence-corrected chi connectivity index (χ3v) is 5.88. The molecule has 1 atom stereocenters. The van der Waals surface area contributed by atoms with E-state index in [1.54, 1.807) is 48.7 Å². The predicted octanol–water partition coefficient (Wildman–Crippen LogP) is 4.27. The molecule has 9 heteroatoms. The average molecular weight is 467 g/mol. The van der Waals surface area contributed by atoms with Crippen LogP contribution in [0.5, 0.6) is 17.2 Å². The molecule has 1 fully saturated rings. The molecule has 8 nitrogen and oxygen atoms in total. The van der Waals surface area contributed by atoms with E-state index in [2.05, 4.69) is 4.98 Å². The number of phenolic OH excluding ortho intramolecular Hbond substituents is 1. The molecule has 1 amide bonds. The summed E-state index contributed by atoms with van der Waals surface area (Å²) < 4.78 is 10.9. The number of aromatic nitrogens is 1. The Morgan fingerprint density at radius 3 is 2.45 bits per heavy atom. The van der Waals surface area contributed by atoms with E-state index in [9.17, 15) is 19.8 Å². The third kappa shape index (κ3) is 4.14. The third-order valence-electron chi connectivity index (χ3n) is 5.11. The van der Waals surface area contributed by atoms with Crippen LogP contribution in [0.2, 0.25) is 0 Å². The Hall–Kier alpha value is -3.85. The standard InChI is InChI=1S/C24H22N2O6S/c1-3-31-16-8-5-14(6-9-16)21(28)19-20(15-7-10-17(27)18(13-15)32-4-2)26(23(30)22(19)29)24-25-11-12-33-24/h5-13,20,27-28H,3-4H2,1-2H3. The maximum absolute atomic E-state index is 13.1. The Bertz CT molecular complexity index is 1200. The highest BCUT2D eigenvalue weighted by Gasteiger charge is 2.48. The Kier molecular flexibility index (Phi) is 6.32. The molecular formula is C24H22N2O6S. The number of benzene rings is 2. The Morgan fingerprint density at radius 1 is 1.09 bits per heavy atom. The smallest absolute Gasteiger partial charge is 0.301 e. The summed E-state index contributed by atoms with van der Waals surface area (Å²) in [5.41, 5.74) is 0.773. The van der Waals surface area contributed by atoms with Gasteiger partial charge in [0.05, 0.1) is 24.8 Å². The summed E-state index contributed by atoms with van der Waals surface area (Å²) in [7, 11) is 0. The lowest BCUT2D eigenvalue weighted by Gasteiger charge is -2.23. The number of hydrogen-bond acceptors (Lipinski definition) is 8. The van der Waals surface area contributed by atoms with Crippen molar-refractivity contribution in [3.63, 3.8) is 0 Å². The SMILES string of the molecule is CCOc1ccc(C(O)=C2C(=O)C(=O)N(c3nccs3)C2c2ccc(O)c(OCC)c2)cc1. The summed E-state index contributed by atoms with van der Waals surface area (Å²) in [4.78, 5) is 31.6. The van der Waals surface area contributed by atoms with E-state index in [0.29, 0.717) is 35.2 Å².